The van der Waals surface area contributed by atoms with Crippen molar-refractivity contribution in [3.8, 4) is 11.5 Å². The number of anilines is 2. The van der Waals surface area contributed by atoms with Crippen molar-refractivity contribution in [1.29, 1.82) is 0 Å². The zero-order valence-corrected chi connectivity index (χ0v) is 19.6. The molecule has 3 aromatic carbocycles. The molecule has 0 fully saturated rings. The molecule has 2 aliphatic heterocycles. The topological polar surface area (TPSA) is 97.0 Å². The Morgan fingerprint density at radius 1 is 0.971 bits per heavy atom. The van der Waals surface area contributed by atoms with E-state index in [9.17, 15) is 14.4 Å². The van der Waals surface area contributed by atoms with Gasteiger partial charge in [0.15, 0.2) is 11.5 Å². The lowest BCUT2D eigenvalue weighted by molar-refractivity contribution is -0.117. The number of hydrogen-bond donors (Lipinski definition) is 2. The van der Waals surface area contributed by atoms with Gasteiger partial charge in [0.2, 0.25) is 18.6 Å². The number of carbonyl (C=O) groups is 3. The molecular weight excluding hydrogens is 466 g/mol. The van der Waals surface area contributed by atoms with Crippen LogP contribution in [0, 0.1) is 0 Å². The summed E-state index contributed by atoms with van der Waals surface area (Å²) in [6.45, 7) is 0.753. The molecule has 0 aliphatic carbocycles. The van der Waals surface area contributed by atoms with Crippen LogP contribution in [0.1, 0.15) is 22.3 Å². The van der Waals surface area contributed by atoms with E-state index in [2.05, 4.69) is 10.6 Å². The predicted octanol–water partition coefficient (Wildman–Crippen LogP) is 3.81. The minimum Gasteiger partial charge on any atom is -0.454 e. The third-order valence-corrected chi connectivity index (χ3v) is 6.75. The highest BCUT2D eigenvalue weighted by Gasteiger charge is 2.25. The number of amides is 3. The van der Waals surface area contributed by atoms with Gasteiger partial charge in [-0.1, -0.05) is 30.3 Å². The van der Waals surface area contributed by atoms with Crippen LogP contribution in [-0.4, -0.2) is 36.8 Å². The maximum atomic E-state index is 12.9. The van der Waals surface area contributed by atoms with Crippen LogP contribution in [0.15, 0.2) is 71.6 Å². The van der Waals surface area contributed by atoms with Gasteiger partial charge in [0.25, 0.3) is 5.91 Å². The number of carbonyl (C=O) groups excluding carboxylic acids is 3. The molecule has 8 nitrogen and oxygen atoms in total. The molecule has 3 aromatic rings. The van der Waals surface area contributed by atoms with Crippen molar-refractivity contribution in [2.45, 2.75) is 17.9 Å². The molecule has 0 aromatic heterocycles. The summed E-state index contributed by atoms with van der Waals surface area (Å²) < 4.78 is 10.7. The highest BCUT2D eigenvalue weighted by atomic mass is 32.2. The molecule has 2 N–H and O–H groups in total. The molecule has 0 radical (unpaired) electrons. The predicted molar refractivity (Wildman–Crippen MR) is 133 cm³/mol. The first-order valence-electron chi connectivity index (χ1n) is 11.2. The van der Waals surface area contributed by atoms with Crippen molar-refractivity contribution in [3.05, 3.63) is 77.9 Å². The van der Waals surface area contributed by atoms with Crippen LogP contribution in [0.25, 0.3) is 0 Å². The summed E-state index contributed by atoms with van der Waals surface area (Å²) in [5, 5.41) is 5.70. The van der Waals surface area contributed by atoms with Crippen molar-refractivity contribution < 1.29 is 23.9 Å². The van der Waals surface area contributed by atoms with Gasteiger partial charge >= 0.3 is 0 Å². The second-order valence-electron chi connectivity index (χ2n) is 8.02. The maximum Gasteiger partial charge on any atom is 0.253 e. The fourth-order valence-corrected chi connectivity index (χ4v) is 4.88. The lowest BCUT2D eigenvalue weighted by Crippen LogP contribution is -2.37. The quantitative estimate of drug-likeness (QED) is 0.524. The Hall–Kier alpha value is -3.98. The number of nitrogens with one attached hydrogen (secondary N) is 2. The van der Waals surface area contributed by atoms with Crippen molar-refractivity contribution >= 4 is 40.9 Å². The van der Waals surface area contributed by atoms with E-state index in [0.717, 1.165) is 16.1 Å². The Morgan fingerprint density at radius 3 is 2.69 bits per heavy atom. The fraction of sp³-hybridized carbons (Fsp3) is 0.192. The Kier molecular flexibility index (Phi) is 6.58. The van der Waals surface area contributed by atoms with E-state index in [0.29, 0.717) is 35.0 Å². The number of benzene rings is 3. The monoisotopic (exact) mass is 489 g/mol. The van der Waals surface area contributed by atoms with E-state index in [4.69, 9.17) is 9.47 Å². The molecule has 0 bridgehead atoms. The van der Waals surface area contributed by atoms with Gasteiger partial charge in [-0.2, -0.15) is 0 Å². The molecular formula is C26H23N3O5S. The van der Waals surface area contributed by atoms with E-state index in [1.807, 2.05) is 42.5 Å². The molecule has 0 atom stereocenters. The van der Waals surface area contributed by atoms with Crippen LogP contribution in [0.2, 0.25) is 0 Å². The molecule has 0 spiro atoms. The van der Waals surface area contributed by atoms with Gasteiger partial charge in [0, 0.05) is 24.4 Å². The first-order chi connectivity index (χ1) is 17.1. The Bertz CT molecular complexity index is 1300. The smallest absolute Gasteiger partial charge is 0.253 e. The number of para-hydroxylation sites is 2. The summed E-state index contributed by atoms with van der Waals surface area (Å²) in [7, 11) is 0. The summed E-state index contributed by atoms with van der Waals surface area (Å²) in [6.07, 6.45) is 0.109. The minimum absolute atomic E-state index is 0.0233. The molecule has 2 aliphatic rings. The zero-order chi connectivity index (χ0) is 24.2. The normalized spacial score (nSPS) is 13.8. The van der Waals surface area contributed by atoms with Crippen LogP contribution in [0.4, 0.5) is 11.4 Å². The van der Waals surface area contributed by atoms with Gasteiger partial charge in [-0.3, -0.25) is 14.4 Å². The summed E-state index contributed by atoms with van der Waals surface area (Å²) in [5.74, 6) is 1.08. The highest BCUT2D eigenvalue weighted by Crippen LogP contribution is 2.35. The highest BCUT2D eigenvalue weighted by molar-refractivity contribution is 8.00. The van der Waals surface area contributed by atoms with Crippen LogP contribution in [0.5, 0.6) is 11.5 Å². The molecule has 0 saturated heterocycles. The lowest BCUT2D eigenvalue weighted by Gasteiger charge is -2.28. The Balaban J connectivity index is 1.20. The molecule has 2 heterocycles. The summed E-state index contributed by atoms with van der Waals surface area (Å²) in [4.78, 5) is 40.7. The number of rotatable bonds is 7. The van der Waals surface area contributed by atoms with Gasteiger partial charge in [-0.05, 0) is 42.0 Å². The molecule has 35 heavy (non-hydrogen) atoms. The summed E-state index contributed by atoms with van der Waals surface area (Å²) >= 11 is 1.50. The van der Waals surface area contributed by atoms with Crippen molar-refractivity contribution in [2.24, 2.45) is 0 Å². The molecule has 178 valence electrons. The molecule has 5 rings (SSSR count). The maximum absolute atomic E-state index is 12.9. The number of nitrogens with zero attached hydrogens (tertiary/aromatic N) is 1. The van der Waals surface area contributed by atoms with Gasteiger partial charge in [-0.25, -0.2) is 0 Å². The third-order valence-electron chi connectivity index (χ3n) is 5.71. The van der Waals surface area contributed by atoms with E-state index >= 15 is 0 Å². The van der Waals surface area contributed by atoms with Gasteiger partial charge in [0.1, 0.15) is 0 Å². The number of fused-ring (bicyclic) bond motifs is 2. The number of thioether (sulfide) groups is 1. The summed E-state index contributed by atoms with van der Waals surface area (Å²) in [5.41, 5.74) is 2.47. The van der Waals surface area contributed by atoms with E-state index in [1.165, 1.54) is 11.8 Å². The van der Waals surface area contributed by atoms with Gasteiger partial charge < -0.3 is 25.0 Å². The average molecular weight is 490 g/mol. The van der Waals surface area contributed by atoms with E-state index < -0.39 is 0 Å². The van der Waals surface area contributed by atoms with Crippen molar-refractivity contribution in [2.75, 3.05) is 29.3 Å². The van der Waals surface area contributed by atoms with E-state index in [1.54, 1.807) is 29.2 Å². The average Bonchev–Trinajstić information content (AvgIpc) is 3.35. The first-order valence-corrected chi connectivity index (χ1v) is 12.1. The largest absolute Gasteiger partial charge is 0.454 e. The van der Waals surface area contributed by atoms with Crippen LogP contribution in [-0.2, 0) is 16.1 Å². The van der Waals surface area contributed by atoms with Crippen molar-refractivity contribution in [3.63, 3.8) is 0 Å². The molecule has 0 unspecified atom stereocenters. The first kappa shape index (κ1) is 22.8. The van der Waals surface area contributed by atoms with Crippen LogP contribution < -0.4 is 25.0 Å². The van der Waals surface area contributed by atoms with E-state index in [-0.39, 0.29) is 37.5 Å². The molecule has 0 saturated carbocycles. The fourth-order valence-electron chi connectivity index (χ4n) is 3.94. The van der Waals surface area contributed by atoms with Crippen LogP contribution >= 0.6 is 11.8 Å². The van der Waals surface area contributed by atoms with Gasteiger partial charge in [-0.15, -0.1) is 11.8 Å². The number of hydrogen-bond acceptors (Lipinski definition) is 6. The Labute approximate surface area is 206 Å². The lowest BCUT2D eigenvalue weighted by atomic mass is 10.1. The van der Waals surface area contributed by atoms with Crippen molar-refractivity contribution in [1.82, 2.24) is 5.32 Å². The standard InChI is InChI=1S/C26H23N3O5S/c30-24(11-12-29-20-7-3-4-8-23(20)35-15-25(29)31)28-19-6-2-1-5-18(19)26(32)27-14-17-9-10-21-22(13-17)34-16-33-21/h1-10,13H,11-12,14-16H2,(H,27,32)(H,28,30). The SMILES string of the molecule is O=C(CCN1C(=O)CSc2ccccc21)Nc1ccccc1C(=O)NCc1ccc2c(c1)OCO2. The number of ether oxygens (including phenoxy) is 2. The molecule has 3 amide bonds. The summed E-state index contributed by atoms with van der Waals surface area (Å²) in [6, 6.07) is 20.0. The Morgan fingerprint density at radius 2 is 1.77 bits per heavy atom. The second kappa shape index (κ2) is 10.1. The second-order valence-corrected chi connectivity index (χ2v) is 9.03. The zero-order valence-electron chi connectivity index (χ0n) is 18.8. The minimum atomic E-state index is -0.310. The molecule has 9 heteroatoms. The third kappa shape index (κ3) is 5.09. The van der Waals surface area contributed by atoms with Gasteiger partial charge in [0.05, 0.1) is 22.7 Å². The van der Waals surface area contributed by atoms with Crippen LogP contribution in [0.3, 0.4) is 0 Å².